The highest BCUT2D eigenvalue weighted by molar-refractivity contribution is 5.83. The maximum absolute atomic E-state index is 3.76. The van der Waals surface area contributed by atoms with Crippen molar-refractivity contribution < 1.29 is 0 Å². The summed E-state index contributed by atoms with van der Waals surface area (Å²) in [5.41, 5.74) is 1.39. The Morgan fingerprint density at radius 1 is 1.00 bits per heavy atom. The summed E-state index contributed by atoms with van der Waals surface area (Å²) in [7, 11) is 0. The van der Waals surface area contributed by atoms with Crippen LogP contribution in [0.3, 0.4) is 0 Å². The number of hydrogen-bond donors (Lipinski definition) is 1. The summed E-state index contributed by atoms with van der Waals surface area (Å²) < 4.78 is 0. The molecule has 0 radical (unpaired) electrons. The molecule has 2 unspecified atom stereocenters. The molecule has 19 heavy (non-hydrogen) atoms. The molecule has 0 heterocycles. The monoisotopic (exact) mass is 253 g/mol. The van der Waals surface area contributed by atoms with Crippen LogP contribution in [0.5, 0.6) is 0 Å². The molecule has 0 amide bonds. The van der Waals surface area contributed by atoms with Crippen molar-refractivity contribution in [2.75, 3.05) is 0 Å². The number of hydrogen-bond acceptors (Lipinski definition) is 1. The minimum Gasteiger partial charge on any atom is -0.307 e. The molecule has 0 aromatic heterocycles. The van der Waals surface area contributed by atoms with E-state index in [1.165, 1.54) is 35.6 Å². The van der Waals surface area contributed by atoms with Gasteiger partial charge in [-0.1, -0.05) is 42.8 Å². The lowest BCUT2D eigenvalue weighted by atomic mass is 9.80. The molecule has 1 aliphatic rings. The molecule has 1 heteroatoms. The number of nitrogens with one attached hydrogen (secondary N) is 1. The van der Waals surface area contributed by atoms with Gasteiger partial charge >= 0.3 is 0 Å². The van der Waals surface area contributed by atoms with Gasteiger partial charge in [-0.15, -0.1) is 0 Å². The van der Waals surface area contributed by atoms with Crippen molar-refractivity contribution in [2.24, 2.45) is 5.92 Å². The topological polar surface area (TPSA) is 12.0 Å². The summed E-state index contributed by atoms with van der Waals surface area (Å²) in [6.45, 7) is 4.61. The van der Waals surface area contributed by atoms with Crippen molar-refractivity contribution in [1.82, 2.24) is 5.32 Å². The van der Waals surface area contributed by atoms with Gasteiger partial charge in [0.25, 0.3) is 0 Å². The molecule has 2 atom stereocenters. The molecular formula is C18H23N. The van der Waals surface area contributed by atoms with Crippen LogP contribution < -0.4 is 5.32 Å². The van der Waals surface area contributed by atoms with Crippen molar-refractivity contribution in [2.45, 2.75) is 45.2 Å². The molecule has 2 aromatic carbocycles. The molecule has 1 aliphatic carbocycles. The van der Waals surface area contributed by atoms with Gasteiger partial charge in [0.1, 0.15) is 0 Å². The Morgan fingerprint density at radius 3 is 2.42 bits per heavy atom. The third-order valence-corrected chi connectivity index (χ3v) is 4.64. The first-order valence-electron chi connectivity index (χ1n) is 7.49. The Bertz CT molecular complexity index is 556. The van der Waals surface area contributed by atoms with Gasteiger partial charge < -0.3 is 5.32 Å². The van der Waals surface area contributed by atoms with Crippen molar-refractivity contribution in [3.05, 3.63) is 48.0 Å². The smallest absolute Gasteiger partial charge is 0.0294 e. The molecule has 0 saturated heterocycles. The van der Waals surface area contributed by atoms with Crippen LogP contribution in [0.2, 0.25) is 0 Å². The zero-order chi connectivity index (χ0) is 13.2. The summed E-state index contributed by atoms with van der Waals surface area (Å²) in [5, 5.41) is 6.43. The first-order chi connectivity index (χ1) is 9.24. The van der Waals surface area contributed by atoms with Crippen LogP contribution in [0, 0.1) is 5.92 Å². The Kier molecular flexibility index (Phi) is 3.56. The van der Waals surface area contributed by atoms with Crippen molar-refractivity contribution >= 4 is 10.8 Å². The van der Waals surface area contributed by atoms with Crippen LogP contribution in [0.4, 0.5) is 0 Å². The first-order valence-corrected chi connectivity index (χ1v) is 7.49. The second-order valence-electron chi connectivity index (χ2n) is 5.97. The lowest BCUT2D eigenvalue weighted by molar-refractivity contribution is 0.230. The summed E-state index contributed by atoms with van der Waals surface area (Å²) >= 11 is 0. The Morgan fingerprint density at radius 2 is 1.74 bits per heavy atom. The molecule has 2 aromatic rings. The fraction of sp³-hybridized carbons (Fsp3) is 0.444. The Balaban J connectivity index is 1.75. The molecule has 1 saturated carbocycles. The minimum absolute atomic E-state index is 0.431. The van der Waals surface area contributed by atoms with Crippen LogP contribution in [0.1, 0.15) is 44.7 Å². The highest BCUT2D eigenvalue weighted by atomic mass is 14.9. The van der Waals surface area contributed by atoms with Crippen LogP contribution in [0.15, 0.2) is 42.5 Å². The molecule has 1 nitrogen and oxygen atoms in total. The summed E-state index contributed by atoms with van der Waals surface area (Å²) in [6, 6.07) is 16.5. The maximum atomic E-state index is 3.76. The quantitative estimate of drug-likeness (QED) is 0.834. The van der Waals surface area contributed by atoms with Crippen LogP contribution >= 0.6 is 0 Å². The first kappa shape index (κ1) is 12.7. The van der Waals surface area contributed by atoms with E-state index in [1.54, 1.807) is 0 Å². The van der Waals surface area contributed by atoms with Crippen LogP contribution in [0.25, 0.3) is 10.8 Å². The Hall–Kier alpha value is -1.34. The van der Waals surface area contributed by atoms with E-state index in [2.05, 4.69) is 61.6 Å². The van der Waals surface area contributed by atoms with E-state index in [0.29, 0.717) is 12.1 Å². The van der Waals surface area contributed by atoms with Gasteiger partial charge in [0.2, 0.25) is 0 Å². The SMILES string of the molecule is CC(NC(C)C1CCC1)c1ccc2ccccc2c1. The number of fused-ring (bicyclic) bond motifs is 1. The molecule has 0 bridgehead atoms. The number of rotatable bonds is 4. The standard InChI is InChI=1S/C18H23N/c1-13(15-8-5-9-15)19-14(2)17-11-10-16-6-3-4-7-18(16)12-17/h3-4,6-7,10-15,19H,5,8-9H2,1-2H3. The van der Waals surface area contributed by atoms with Crippen molar-refractivity contribution in [3.8, 4) is 0 Å². The largest absolute Gasteiger partial charge is 0.307 e. The van der Waals surface area contributed by atoms with Gasteiger partial charge in [0.15, 0.2) is 0 Å². The van der Waals surface area contributed by atoms with E-state index in [9.17, 15) is 0 Å². The van der Waals surface area contributed by atoms with Gasteiger partial charge in [-0.3, -0.25) is 0 Å². The molecule has 1 N–H and O–H groups in total. The van der Waals surface area contributed by atoms with E-state index >= 15 is 0 Å². The normalized spacial score (nSPS) is 19.1. The third kappa shape index (κ3) is 2.66. The van der Waals surface area contributed by atoms with Gasteiger partial charge in [0.05, 0.1) is 0 Å². The summed E-state index contributed by atoms with van der Waals surface area (Å²) in [4.78, 5) is 0. The van der Waals surface area contributed by atoms with E-state index in [1.807, 2.05) is 0 Å². The van der Waals surface area contributed by atoms with E-state index < -0.39 is 0 Å². The van der Waals surface area contributed by atoms with Crippen LogP contribution in [-0.2, 0) is 0 Å². The zero-order valence-corrected chi connectivity index (χ0v) is 11.9. The van der Waals surface area contributed by atoms with Crippen molar-refractivity contribution in [3.63, 3.8) is 0 Å². The lowest BCUT2D eigenvalue weighted by Crippen LogP contribution is -2.38. The van der Waals surface area contributed by atoms with Crippen LogP contribution in [-0.4, -0.2) is 6.04 Å². The Labute approximate surface area is 116 Å². The number of benzene rings is 2. The predicted molar refractivity (Wildman–Crippen MR) is 82.3 cm³/mol. The predicted octanol–water partition coefficient (Wildman–Crippen LogP) is 4.68. The molecule has 0 spiro atoms. The average Bonchev–Trinajstić information content (AvgIpc) is 2.36. The minimum atomic E-state index is 0.431. The average molecular weight is 253 g/mol. The molecule has 0 aliphatic heterocycles. The fourth-order valence-electron chi connectivity index (χ4n) is 3.04. The van der Waals surface area contributed by atoms with Gasteiger partial charge in [-0.25, -0.2) is 0 Å². The molecule has 100 valence electrons. The van der Waals surface area contributed by atoms with Crippen molar-refractivity contribution in [1.29, 1.82) is 0 Å². The van der Waals surface area contributed by atoms with E-state index in [-0.39, 0.29) is 0 Å². The molecular weight excluding hydrogens is 230 g/mol. The maximum Gasteiger partial charge on any atom is 0.0294 e. The highest BCUT2D eigenvalue weighted by Crippen LogP contribution is 2.30. The van der Waals surface area contributed by atoms with E-state index in [0.717, 1.165) is 5.92 Å². The van der Waals surface area contributed by atoms with Gasteiger partial charge in [-0.2, -0.15) is 0 Å². The second-order valence-corrected chi connectivity index (χ2v) is 5.97. The molecule has 1 fully saturated rings. The highest BCUT2D eigenvalue weighted by Gasteiger charge is 2.24. The fourth-order valence-corrected chi connectivity index (χ4v) is 3.04. The zero-order valence-electron chi connectivity index (χ0n) is 11.9. The molecule has 3 rings (SSSR count). The summed E-state index contributed by atoms with van der Waals surface area (Å²) in [5.74, 6) is 0.892. The van der Waals surface area contributed by atoms with E-state index in [4.69, 9.17) is 0 Å². The van der Waals surface area contributed by atoms with Gasteiger partial charge in [-0.05, 0) is 55.0 Å². The van der Waals surface area contributed by atoms with Gasteiger partial charge in [0, 0.05) is 12.1 Å². The summed E-state index contributed by atoms with van der Waals surface area (Å²) in [6.07, 6.45) is 4.22. The third-order valence-electron chi connectivity index (χ3n) is 4.64. The lowest BCUT2D eigenvalue weighted by Gasteiger charge is -2.34. The second kappa shape index (κ2) is 5.34.